The van der Waals surface area contributed by atoms with Crippen LogP contribution in [0.3, 0.4) is 0 Å². The first kappa shape index (κ1) is 13.6. The molecule has 0 spiro atoms. The van der Waals surface area contributed by atoms with Gasteiger partial charge in [0, 0.05) is 20.0 Å². The number of para-hydroxylation sites is 2. The number of benzene rings is 1. The van der Waals surface area contributed by atoms with Gasteiger partial charge < -0.3 is 10.0 Å². The highest BCUT2D eigenvalue weighted by Crippen LogP contribution is 2.26. The predicted molar refractivity (Wildman–Crippen MR) is 78.6 cm³/mol. The van der Waals surface area contributed by atoms with Gasteiger partial charge >= 0.3 is 5.97 Å². The maximum Gasteiger partial charge on any atom is 0.306 e. The molecule has 1 aliphatic heterocycles. The third-order valence-electron chi connectivity index (χ3n) is 3.99. The zero-order valence-corrected chi connectivity index (χ0v) is 11.8. The molecule has 6 nitrogen and oxygen atoms in total. The largest absolute Gasteiger partial charge is 0.481 e. The summed E-state index contributed by atoms with van der Waals surface area (Å²) in [6.07, 6.45) is 1.16. The Morgan fingerprint density at radius 1 is 1.24 bits per heavy atom. The molecule has 0 saturated carbocycles. The second kappa shape index (κ2) is 5.20. The van der Waals surface area contributed by atoms with Crippen LogP contribution in [0.2, 0.25) is 0 Å². The molecule has 0 radical (unpaired) electrons. The number of anilines is 1. The van der Waals surface area contributed by atoms with Gasteiger partial charge in [0.05, 0.1) is 17.0 Å². The lowest BCUT2D eigenvalue weighted by Crippen LogP contribution is -2.38. The summed E-state index contributed by atoms with van der Waals surface area (Å²) < 4.78 is 1.61. The van der Waals surface area contributed by atoms with Crippen LogP contribution in [0.1, 0.15) is 24.6 Å². The SMILES string of the molecule is CC(=O)n1c(N2CCC(C(=O)O)CC2)nc2ccccc21. The number of carbonyl (C=O) groups excluding carboxylic acids is 1. The van der Waals surface area contributed by atoms with E-state index in [4.69, 9.17) is 5.11 Å². The van der Waals surface area contributed by atoms with Crippen molar-refractivity contribution in [2.24, 2.45) is 5.92 Å². The monoisotopic (exact) mass is 287 g/mol. The van der Waals surface area contributed by atoms with E-state index in [9.17, 15) is 9.59 Å². The predicted octanol–water partition coefficient (Wildman–Crippen LogP) is 2.00. The maximum atomic E-state index is 12.0. The number of piperidine rings is 1. The Morgan fingerprint density at radius 3 is 2.52 bits per heavy atom. The van der Waals surface area contributed by atoms with Crippen LogP contribution < -0.4 is 4.90 Å². The molecule has 110 valence electrons. The number of aliphatic carboxylic acids is 1. The van der Waals surface area contributed by atoms with E-state index in [2.05, 4.69) is 4.98 Å². The van der Waals surface area contributed by atoms with Gasteiger partial charge in [-0.2, -0.15) is 0 Å². The first-order valence-corrected chi connectivity index (χ1v) is 7.04. The Labute approximate surface area is 122 Å². The lowest BCUT2D eigenvalue weighted by Gasteiger charge is -2.30. The van der Waals surface area contributed by atoms with E-state index in [1.54, 1.807) is 4.57 Å². The number of hydrogen-bond donors (Lipinski definition) is 1. The van der Waals surface area contributed by atoms with Crippen molar-refractivity contribution in [1.82, 2.24) is 9.55 Å². The van der Waals surface area contributed by atoms with Crippen LogP contribution in [0.4, 0.5) is 5.95 Å². The van der Waals surface area contributed by atoms with Gasteiger partial charge in [0.1, 0.15) is 0 Å². The number of aromatic nitrogens is 2. The van der Waals surface area contributed by atoms with E-state index in [0.717, 1.165) is 11.0 Å². The standard InChI is InChI=1S/C15H17N3O3/c1-10(19)18-13-5-3-2-4-12(13)16-15(18)17-8-6-11(7-9-17)14(20)21/h2-5,11H,6-9H2,1H3,(H,20,21). The fourth-order valence-corrected chi connectivity index (χ4v) is 2.86. The minimum absolute atomic E-state index is 0.0842. The quantitative estimate of drug-likeness (QED) is 0.914. The molecule has 1 saturated heterocycles. The molecular formula is C15H17N3O3. The van der Waals surface area contributed by atoms with Crippen molar-refractivity contribution in [3.63, 3.8) is 0 Å². The van der Waals surface area contributed by atoms with Gasteiger partial charge in [-0.05, 0) is 25.0 Å². The molecule has 1 fully saturated rings. The van der Waals surface area contributed by atoms with E-state index in [1.807, 2.05) is 29.2 Å². The Balaban J connectivity index is 1.96. The van der Waals surface area contributed by atoms with Crippen LogP contribution in [-0.2, 0) is 4.79 Å². The van der Waals surface area contributed by atoms with Gasteiger partial charge in [0.15, 0.2) is 0 Å². The highest BCUT2D eigenvalue weighted by Gasteiger charge is 2.28. The average molecular weight is 287 g/mol. The smallest absolute Gasteiger partial charge is 0.306 e. The van der Waals surface area contributed by atoms with Crippen LogP contribution >= 0.6 is 0 Å². The zero-order valence-electron chi connectivity index (χ0n) is 11.8. The summed E-state index contributed by atoms with van der Waals surface area (Å²) in [6.45, 7) is 2.72. The van der Waals surface area contributed by atoms with Crippen molar-refractivity contribution in [2.45, 2.75) is 19.8 Å². The summed E-state index contributed by atoms with van der Waals surface area (Å²) >= 11 is 0. The van der Waals surface area contributed by atoms with Gasteiger partial charge in [-0.1, -0.05) is 12.1 Å². The summed E-state index contributed by atoms with van der Waals surface area (Å²) in [5, 5.41) is 9.06. The van der Waals surface area contributed by atoms with Crippen molar-refractivity contribution < 1.29 is 14.7 Å². The van der Waals surface area contributed by atoms with Crippen LogP contribution in [0, 0.1) is 5.92 Å². The van der Waals surface area contributed by atoms with Gasteiger partial charge in [-0.3, -0.25) is 9.59 Å². The third kappa shape index (κ3) is 2.37. The topological polar surface area (TPSA) is 75.4 Å². The van der Waals surface area contributed by atoms with E-state index in [0.29, 0.717) is 31.9 Å². The van der Waals surface area contributed by atoms with Crippen molar-refractivity contribution >= 4 is 28.9 Å². The van der Waals surface area contributed by atoms with Crippen LogP contribution in [-0.4, -0.2) is 39.6 Å². The molecule has 1 N–H and O–H groups in total. The first-order chi connectivity index (χ1) is 10.1. The molecule has 1 aromatic heterocycles. The van der Waals surface area contributed by atoms with E-state index in [1.165, 1.54) is 6.92 Å². The minimum atomic E-state index is -0.741. The van der Waals surface area contributed by atoms with Gasteiger partial charge in [0.2, 0.25) is 11.9 Å². The maximum absolute atomic E-state index is 12.0. The number of carboxylic acid groups (broad SMARTS) is 1. The molecule has 3 rings (SSSR count). The number of carboxylic acids is 1. The number of rotatable bonds is 2. The molecule has 21 heavy (non-hydrogen) atoms. The van der Waals surface area contributed by atoms with Crippen molar-refractivity contribution in [3.05, 3.63) is 24.3 Å². The molecule has 0 atom stereocenters. The fourth-order valence-electron chi connectivity index (χ4n) is 2.86. The number of fused-ring (bicyclic) bond motifs is 1. The minimum Gasteiger partial charge on any atom is -0.481 e. The van der Waals surface area contributed by atoms with Crippen molar-refractivity contribution in [2.75, 3.05) is 18.0 Å². The number of nitrogens with zero attached hydrogens (tertiary/aromatic N) is 3. The van der Waals surface area contributed by atoms with Gasteiger partial charge in [-0.25, -0.2) is 9.55 Å². The zero-order chi connectivity index (χ0) is 15.0. The van der Waals surface area contributed by atoms with Gasteiger partial charge in [-0.15, -0.1) is 0 Å². The average Bonchev–Trinajstić information content (AvgIpc) is 2.86. The van der Waals surface area contributed by atoms with Crippen LogP contribution in [0.5, 0.6) is 0 Å². The Kier molecular flexibility index (Phi) is 3.37. The summed E-state index contributed by atoms with van der Waals surface area (Å²) in [6, 6.07) is 7.52. The molecular weight excluding hydrogens is 270 g/mol. The summed E-state index contributed by atoms with van der Waals surface area (Å²) in [5.41, 5.74) is 1.57. The highest BCUT2D eigenvalue weighted by molar-refractivity contribution is 5.92. The normalized spacial score (nSPS) is 16.3. The van der Waals surface area contributed by atoms with E-state index >= 15 is 0 Å². The molecule has 1 aromatic carbocycles. The molecule has 0 bridgehead atoms. The van der Waals surface area contributed by atoms with Crippen molar-refractivity contribution in [1.29, 1.82) is 0 Å². The molecule has 0 unspecified atom stereocenters. The van der Waals surface area contributed by atoms with E-state index < -0.39 is 5.97 Å². The molecule has 0 amide bonds. The lowest BCUT2D eigenvalue weighted by atomic mass is 9.97. The van der Waals surface area contributed by atoms with Crippen molar-refractivity contribution in [3.8, 4) is 0 Å². The first-order valence-electron chi connectivity index (χ1n) is 7.04. The fraction of sp³-hybridized carbons (Fsp3) is 0.400. The highest BCUT2D eigenvalue weighted by atomic mass is 16.4. The Morgan fingerprint density at radius 2 is 1.90 bits per heavy atom. The van der Waals surface area contributed by atoms with Gasteiger partial charge in [0.25, 0.3) is 0 Å². The summed E-state index contributed by atoms with van der Waals surface area (Å²) in [5.74, 6) is -0.502. The Hall–Kier alpha value is -2.37. The van der Waals surface area contributed by atoms with Crippen LogP contribution in [0.25, 0.3) is 11.0 Å². The van der Waals surface area contributed by atoms with Crippen LogP contribution in [0.15, 0.2) is 24.3 Å². The molecule has 2 heterocycles. The third-order valence-corrected chi connectivity index (χ3v) is 3.99. The number of carbonyl (C=O) groups is 2. The van der Waals surface area contributed by atoms with E-state index in [-0.39, 0.29) is 11.8 Å². The molecule has 6 heteroatoms. The number of hydrogen-bond acceptors (Lipinski definition) is 4. The molecule has 0 aliphatic carbocycles. The summed E-state index contributed by atoms with van der Waals surface area (Å²) in [7, 11) is 0. The lowest BCUT2D eigenvalue weighted by molar-refractivity contribution is -0.142. The second-order valence-corrected chi connectivity index (χ2v) is 5.35. The summed E-state index contributed by atoms with van der Waals surface area (Å²) in [4.78, 5) is 29.5. The molecule has 1 aliphatic rings. The second-order valence-electron chi connectivity index (χ2n) is 5.35. The molecule has 2 aromatic rings. The Bertz CT molecular complexity index is 699. The number of imidazole rings is 1.